The number of halogens is 3. The van der Waals surface area contributed by atoms with E-state index < -0.39 is 12.1 Å². The van der Waals surface area contributed by atoms with Crippen molar-refractivity contribution in [3.05, 3.63) is 18.5 Å². The van der Waals surface area contributed by atoms with Gasteiger partial charge in [-0.05, 0) is 24.8 Å². The van der Waals surface area contributed by atoms with Crippen molar-refractivity contribution in [1.82, 2.24) is 14.9 Å². The van der Waals surface area contributed by atoms with Crippen LogP contribution in [0.3, 0.4) is 0 Å². The maximum absolute atomic E-state index is 10.6. The van der Waals surface area contributed by atoms with Crippen LogP contribution in [0.4, 0.5) is 19.1 Å². The van der Waals surface area contributed by atoms with Crippen molar-refractivity contribution in [3.63, 3.8) is 0 Å². The molecule has 2 aliphatic rings. The van der Waals surface area contributed by atoms with E-state index in [1.165, 1.54) is 25.9 Å². The molecule has 1 aromatic heterocycles. The molecule has 2 saturated heterocycles. The molecule has 9 heteroatoms. The number of carbonyl (C=O) groups is 1. The second kappa shape index (κ2) is 7.99. The summed E-state index contributed by atoms with van der Waals surface area (Å²) >= 11 is 0. The molecule has 3 rings (SSSR count). The third-order valence-corrected chi connectivity index (χ3v) is 4.34. The van der Waals surface area contributed by atoms with Gasteiger partial charge in [0.25, 0.3) is 0 Å². The lowest BCUT2D eigenvalue weighted by Gasteiger charge is -2.26. The Kier molecular flexibility index (Phi) is 6.21. The van der Waals surface area contributed by atoms with Gasteiger partial charge in [0.2, 0.25) is 5.95 Å². The summed E-state index contributed by atoms with van der Waals surface area (Å²) < 4.78 is 31.7. The van der Waals surface area contributed by atoms with E-state index in [1.54, 1.807) is 0 Å². The quantitative estimate of drug-likeness (QED) is 0.893. The molecule has 2 aliphatic heterocycles. The zero-order chi connectivity index (χ0) is 18.6. The molecule has 25 heavy (non-hydrogen) atoms. The van der Waals surface area contributed by atoms with Crippen LogP contribution in [0.15, 0.2) is 18.5 Å². The molecule has 0 radical (unpaired) electrons. The summed E-state index contributed by atoms with van der Waals surface area (Å²) in [7, 11) is 0. The van der Waals surface area contributed by atoms with Crippen LogP contribution >= 0.6 is 0 Å². The average molecular weight is 360 g/mol. The number of nitrogens with zero attached hydrogens (tertiary/aromatic N) is 4. The Hall–Kier alpha value is -1.90. The fraction of sp³-hybridized carbons (Fsp3) is 0.688. The summed E-state index contributed by atoms with van der Waals surface area (Å²) in [4.78, 5) is 22.8. The van der Waals surface area contributed by atoms with E-state index in [9.17, 15) is 13.2 Å². The van der Waals surface area contributed by atoms with Crippen molar-refractivity contribution in [2.45, 2.75) is 44.9 Å². The molecule has 0 unspecified atom stereocenters. The van der Waals surface area contributed by atoms with Gasteiger partial charge in [-0.1, -0.05) is 13.8 Å². The smallest absolute Gasteiger partial charge is 0.475 e. The molecule has 0 aliphatic carbocycles. The molecule has 0 spiro atoms. The maximum atomic E-state index is 10.6. The maximum Gasteiger partial charge on any atom is 0.490 e. The number of aliphatic carboxylic acids is 1. The third-order valence-electron chi connectivity index (χ3n) is 4.34. The highest BCUT2D eigenvalue weighted by atomic mass is 19.4. The van der Waals surface area contributed by atoms with E-state index in [1.807, 2.05) is 18.5 Å². The summed E-state index contributed by atoms with van der Waals surface area (Å²) in [5.41, 5.74) is 0. The van der Waals surface area contributed by atoms with Gasteiger partial charge in [-0.3, -0.25) is 4.90 Å². The Morgan fingerprint density at radius 3 is 2.32 bits per heavy atom. The standard InChI is InChI=1S/C14H22N4.C2HF3O2/c1-11(2)10-17-8-4-13-12(17)5-9-18(13)14-15-6-3-7-16-14;3-2(4,5)1(6)7/h3,6-7,11-13H,4-5,8-10H2,1-2H3;(H,6,7)/t12-,13+;/m0./s1. The minimum absolute atomic E-state index is 0.631. The number of hydrogen-bond acceptors (Lipinski definition) is 5. The zero-order valence-electron chi connectivity index (χ0n) is 14.3. The molecular formula is C16H23F3N4O2. The first-order valence-corrected chi connectivity index (χ1v) is 8.28. The SMILES string of the molecule is CC(C)CN1CC[C@@H]2[C@@H]1CCN2c1ncccn1.O=C(O)C(F)(F)F. The first kappa shape index (κ1) is 19.4. The molecule has 6 nitrogen and oxygen atoms in total. The monoisotopic (exact) mass is 360 g/mol. The molecule has 3 heterocycles. The molecule has 2 fully saturated rings. The normalized spacial score (nSPS) is 23.4. The molecule has 0 aromatic carbocycles. The van der Waals surface area contributed by atoms with Crippen LogP contribution in [0.25, 0.3) is 0 Å². The zero-order valence-corrected chi connectivity index (χ0v) is 14.3. The predicted molar refractivity (Wildman–Crippen MR) is 86.3 cm³/mol. The summed E-state index contributed by atoms with van der Waals surface area (Å²) in [6.45, 7) is 8.18. The number of hydrogen-bond donors (Lipinski definition) is 1. The molecule has 0 saturated carbocycles. The molecule has 0 amide bonds. The fourth-order valence-electron chi connectivity index (χ4n) is 3.46. The first-order valence-electron chi connectivity index (χ1n) is 8.28. The number of anilines is 1. The van der Waals surface area contributed by atoms with Crippen LogP contribution in [0.5, 0.6) is 0 Å². The van der Waals surface area contributed by atoms with Crippen LogP contribution in [0.1, 0.15) is 26.7 Å². The summed E-state index contributed by atoms with van der Waals surface area (Å²) in [5.74, 6) is -1.09. The molecule has 140 valence electrons. The van der Waals surface area contributed by atoms with Crippen molar-refractivity contribution in [1.29, 1.82) is 0 Å². The van der Waals surface area contributed by atoms with Gasteiger partial charge in [0.05, 0.1) is 0 Å². The summed E-state index contributed by atoms with van der Waals surface area (Å²) in [5, 5.41) is 7.12. The van der Waals surface area contributed by atoms with Crippen molar-refractivity contribution < 1.29 is 23.1 Å². The van der Waals surface area contributed by atoms with Gasteiger partial charge in [0.15, 0.2) is 0 Å². The molecular weight excluding hydrogens is 337 g/mol. The van der Waals surface area contributed by atoms with Crippen LogP contribution in [-0.4, -0.2) is 63.8 Å². The minimum atomic E-state index is -5.08. The van der Waals surface area contributed by atoms with Gasteiger partial charge in [0, 0.05) is 44.1 Å². The Balaban J connectivity index is 0.000000277. The first-order chi connectivity index (χ1) is 11.7. The van der Waals surface area contributed by atoms with Crippen LogP contribution < -0.4 is 4.90 Å². The number of carboxylic acids is 1. The topological polar surface area (TPSA) is 69.6 Å². The summed E-state index contributed by atoms with van der Waals surface area (Å²) in [6.07, 6.45) is 1.12. The Bertz CT molecular complexity index is 568. The minimum Gasteiger partial charge on any atom is -0.475 e. The highest BCUT2D eigenvalue weighted by Gasteiger charge is 2.43. The van der Waals surface area contributed by atoms with Crippen LogP contribution in [0.2, 0.25) is 0 Å². The molecule has 0 bridgehead atoms. The second-order valence-electron chi connectivity index (χ2n) is 6.65. The fourth-order valence-corrected chi connectivity index (χ4v) is 3.46. The predicted octanol–water partition coefficient (Wildman–Crippen LogP) is 2.42. The Morgan fingerprint density at radius 1 is 1.24 bits per heavy atom. The Morgan fingerprint density at radius 2 is 1.80 bits per heavy atom. The number of fused-ring (bicyclic) bond motifs is 1. The van der Waals surface area contributed by atoms with Crippen molar-refractivity contribution in [2.75, 3.05) is 24.5 Å². The largest absolute Gasteiger partial charge is 0.490 e. The highest BCUT2D eigenvalue weighted by molar-refractivity contribution is 5.73. The molecule has 1 N–H and O–H groups in total. The lowest BCUT2D eigenvalue weighted by atomic mass is 10.1. The third kappa shape index (κ3) is 5.04. The van der Waals surface area contributed by atoms with E-state index in [4.69, 9.17) is 9.90 Å². The molecule has 2 atom stereocenters. The van der Waals surface area contributed by atoms with Crippen molar-refractivity contribution >= 4 is 11.9 Å². The number of carboxylic acid groups (broad SMARTS) is 1. The van der Waals surface area contributed by atoms with E-state index in [-0.39, 0.29) is 0 Å². The lowest BCUT2D eigenvalue weighted by Crippen LogP contribution is -2.38. The van der Waals surface area contributed by atoms with Crippen molar-refractivity contribution in [3.8, 4) is 0 Å². The van der Waals surface area contributed by atoms with E-state index in [0.717, 1.165) is 24.5 Å². The summed E-state index contributed by atoms with van der Waals surface area (Å²) in [6, 6.07) is 3.24. The van der Waals surface area contributed by atoms with Crippen molar-refractivity contribution in [2.24, 2.45) is 5.92 Å². The van der Waals surface area contributed by atoms with Gasteiger partial charge in [-0.15, -0.1) is 0 Å². The van der Waals surface area contributed by atoms with Gasteiger partial charge in [-0.2, -0.15) is 13.2 Å². The number of likely N-dealkylation sites (tertiary alicyclic amines) is 1. The lowest BCUT2D eigenvalue weighted by molar-refractivity contribution is -0.192. The van der Waals surface area contributed by atoms with E-state index in [2.05, 4.69) is 33.6 Å². The number of rotatable bonds is 3. The average Bonchev–Trinajstić information content (AvgIpc) is 3.10. The van der Waals surface area contributed by atoms with Gasteiger partial charge in [-0.25, -0.2) is 14.8 Å². The van der Waals surface area contributed by atoms with Gasteiger partial charge >= 0.3 is 12.1 Å². The molecule has 1 aromatic rings. The van der Waals surface area contributed by atoms with Crippen LogP contribution in [-0.2, 0) is 4.79 Å². The van der Waals surface area contributed by atoms with Gasteiger partial charge in [0.1, 0.15) is 0 Å². The Labute approximate surface area is 144 Å². The number of aromatic nitrogens is 2. The highest BCUT2D eigenvalue weighted by Crippen LogP contribution is 2.33. The second-order valence-corrected chi connectivity index (χ2v) is 6.65. The van der Waals surface area contributed by atoms with Crippen LogP contribution in [0, 0.1) is 5.92 Å². The number of alkyl halides is 3. The van der Waals surface area contributed by atoms with Gasteiger partial charge < -0.3 is 10.0 Å². The van der Waals surface area contributed by atoms with E-state index >= 15 is 0 Å². The van der Waals surface area contributed by atoms with E-state index in [0.29, 0.717) is 6.04 Å².